The van der Waals surface area contributed by atoms with Crippen LogP contribution in [0.4, 0.5) is 23.8 Å². The highest BCUT2D eigenvalue weighted by atomic mass is 16.7. The van der Waals surface area contributed by atoms with Gasteiger partial charge < -0.3 is 109 Å². The summed E-state index contributed by atoms with van der Waals surface area (Å²) in [4.78, 5) is 135. The maximum atomic E-state index is 13.9. The summed E-state index contributed by atoms with van der Waals surface area (Å²) in [6.07, 6.45) is -1.25. The van der Waals surface area contributed by atoms with E-state index in [0.29, 0.717) is 106 Å². The number of ether oxygens (including phenoxy) is 10. The summed E-state index contributed by atoms with van der Waals surface area (Å²) < 4.78 is 69.7. The third-order valence-electron chi connectivity index (χ3n) is 22.0. The van der Waals surface area contributed by atoms with E-state index in [1.807, 2.05) is 27.7 Å². The lowest BCUT2D eigenvalue weighted by Gasteiger charge is -2.19. The van der Waals surface area contributed by atoms with Crippen LogP contribution < -0.4 is 63.1 Å². The molecule has 2 saturated heterocycles. The minimum absolute atomic E-state index is 0.00121. The van der Waals surface area contributed by atoms with Gasteiger partial charge in [0.2, 0.25) is 47.4 Å². The number of fused-ring (bicyclic) bond motifs is 4. The molecule has 8 atom stereocenters. The van der Waals surface area contributed by atoms with Gasteiger partial charge in [-0.3, -0.25) is 78.4 Å². The van der Waals surface area contributed by atoms with E-state index in [9.17, 15) is 63.6 Å². The number of aliphatic hydroxyl groups excluding tert-OH is 3. The topological polar surface area (TPSA) is 622 Å². The molecule has 0 spiro atoms. The molecule has 0 radical (unpaired) electrons. The number of allylic oxidation sites excluding steroid dienone is 4. The van der Waals surface area contributed by atoms with Crippen molar-refractivity contribution in [2.24, 2.45) is 22.9 Å². The number of amides is 8. The second-order valence-corrected chi connectivity index (χ2v) is 31.1. The number of carbonyl (C=O) groups excluding carboxylic acids is 8. The largest absolute Gasteiger partial charge is 0.494 e. The number of benzene rings is 4. The van der Waals surface area contributed by atoms with Gasteiger partial charge in [0.1, 0.15) is 98.4 Å². The molecule has 47 heteroatoms. The average Bonchev–Trinajstić information content (AvgIpc) is 1.63. The number of rotatable bonds is 42. The highest BCUT2D eigenvalue weighted by Crippen LogP contribution is 2.38. The van der Waals surface area contributed by atoms with Crippen LogP contribution in [0, 0.1) is 27.7 Å². The molecule has 8 aromatic heterocycles. The second-order valence-electron chi connectivity index (χ2n) is 31.1. The lowest BCUT2D eigenvalue weighted by molar-refractivity contribution is -0.176. The Bertz CT molecular complexity index is 6540. The van der Waals surface area contributed by atoms with Crippen LogP contribution in [0.25, 0.3) is 44.1 Å². The molecule has 0 saturated carbocycles. The van der Waals surface area contributed by atoms with Crippen molar-refractivity contribution < 1.29 is 111 Å². The molecule has 47 nitrogen and oxygen atoms in total. The third-order valence-corrected chi connectivity index (χ3v) is 22.0. The maximum absolute atomic E-state index is 13.9. The first kappa shape index (κ1) is 97.7. The average molecular weight is 1870 g/mol. The molecule has 0 unspecified atom stereocenters. The van der Waals surface area contributed by atoms with Gasteiger partial charge in [0.15, 0.2) is 18.7 Å². The number of aromatic nitrogens is 16. The normalized spacial score (nSPS) is 17.1. The predicted molar refractivity (Wildman–Crippen MR) is 485 cm³/mol. The van der Waals surface area contributed by atoms with Crippen LogP contribution in [0.1, 0.15) is 147 Å². The highest BCUT2D eigenvalue weighted by Gasteiger charge is 2.49. The molecule has 2 aliphatic rings. The van der Waals surface area contributed by atoms with Gasteiger partial charge in [-0.25, -0.2) is 24.7 Å². The molecule has 8 amide bonds. The quantitative estimate of drug-likeness (QED) is 0.0183. The van der Waals surface area contributed by atoms with Gasteiger partial charge in [-0.15, -0.1) is 0 Å². The Morgan fingerprint density at radius 2 is 0.704 bits per heavy atom. The SMILES string of the molecule is CCn1nc(C)cc1C(=O)Nc1nc2cc(C(N)=O)cc(OC)c2n1C/C=C/Cn1c(NC(=O)c2cc(C)nn2CC)nc2cc(C(N)=O)cc(OCCCO[C@H]3[C@@H](O)[C@H](OC)O[C@@H]3CO)c21.CCn1nc(C)cc1C(=O)Nc1nc2cc(C(N)=O)cc(OC)c2n1C/C=C/Cn1c(NC(=O)c2cc(C)nn2CC)nc2cc(C(N)=O)cc(OCCCO[C@H]3[C@H](OC)O[C@H](C(=O)O)[C@H]3O)c21. The summed E-state index contributed by atoms with van der Waals surface area (Å²) in [6.45, 7) is 16.4. The summed E-state index contributed by atoms with van der Waals surface area (Å²) in [5.41, 5.74) is 30.0. The number of nitrogens with two attached hydrogens (primary N) is 4. The second kappa shape index (κ2) is 42.8. The number of hydrogen-bond donors (Lipinski definition) is 12. The van der Waals surface area contributed by atoms with Crippen LogP contribution in [0.3, 0.4) is 0 Å². The monoisotopic (exact) mass is 1870 g/mol. The van der Waals surface area contributed by atoms with Crippen molar-refractivity contribution in [1.29, 1.82) is 0 Å². The van der Waals surface area contributed by atoms with Crippen LogP contribution in [-0.4, -0.2) is 262 Å². The van der Waals surface area contributed by atoms with Gasteiger partial charge in [0.05, 0.1) is 92.1 Å². The van der Waals surface area contributed by atoms with E-state index in [0.717, 1.165) is 0 Å². The number of aliphatic hydroxyl groups is 3. The van der Waals surface area contributed by atoms with Crippen LogP contribution in [0.15, 0.2) is 97.1 Å². The fourth-order valence-corrected chi connectivity index (χ4v) is 15.8. The Morgan fingerprint density at radius 3 is 0.978 bits per heavy atom. The molecule has 0 bridgehead atoms. The lowest BCUT2D eigenvalue weighted by atomic mass is 10.1. The molecular formula is C88H106N24O23. The zero-order chi connectivity index (χ0) is 97.1. The molecule has 14 rings (SSSR count). The standard InChI is InChI=1S/C44H52N12O12.C44H54N12O11/c1-7-55-28(16-22(3)51-55)39(60)49-43-47-26-18-24(37(45)58)20-30(64-5)32(26)53(43)12-9-10-13-54-33-27(48-44(54)50-40(61)29-17-23(4)52-56(29)8-2)19-25(38(46)59)21-31(33)66-14-11-15-67-36-34(57)35(41(62)63)68-42(36)65-6;1-7-55-29(16-23(3)51-55)40(61)49-43-47-27-18-25(38(45)59)20-31(63-5)34(27)53(43)12-9-10-13-54-35-28(48-44(54)50-41(62)30-17-24(4)52-56(30)8-2)19-26(39(46)60)21-32(35)65-14-11-15-66-37-33(22-57)67-42(64-6)36(37)58/h9-10,16-21,34-36,42,57H,7-8,11-15H2,1-6H3,(H2,45,58)(H2,46,59)(H,62,63)(H,47,49,60)(H,48,50,61);9-10,16-21,33,36-37,42,57-58H,7-8,11-15,22H2,1-6H3,(H2,45,59)(H2,46,60)(H,47,49,61)(H,48,50,62)/b2*10-9+/t34-,35+,36-,42-;33-,36-,37-,42-/m11/s1. The van der Waals surface area contributed by atoms with Crippen molar-refractivity contribution in [2.75, 3.05) is 82.7 Å². The van der Waals surface area contributed by atoms with Crippen molar-refractivity contribution in [3.05, 3.63) is 165 Å². The van der Waals surface area contributed by atoms with E-state index in [1.165, 1.54) is 77.0 Å². The molecule has 16 N–H and O–H groups in total. The van der Waals surface area contributed by atoms with Crippen molar-refractivity contribution in [3.8, 4) is 23.0 Å². The zero-order valence-corrected chi connectivity index (χ0v) is 76.0. The van der Waals surface area contributed by atoms with E-state index < -0.39 is 102 Å². The number of carboxylic acid groups (broad SMARTS) is 1. The van der Waals surface area contributed by atoms with Gasteiger partial charge in [-0.2, -0.15) is 20.4 Å². The van der Waals surface area contributed by atoms with Crippen molar-refractivity contribution >= 4 is 121 Å². The smallest absolute Gasteiger partial charge is 0.335 e. The van der Waals surface area contributed by atoms with Gasteiger partial charge >= 0.3 is 5.97 Å². The fraction of sp³-hybridized carbons (Fsp3) is 0.398. The first-order valence-corrected chi connectivity index (χ1v) is 43.0. The Balaban J connectivity index is 0.000000229. The molecular weight excluding hydrogens is 1760 g/mol. The van der Waals surface area contributed by atoms with Gasteiger partial charge in [0, 0.05) is 102 Å². The number of nitrogens with zero attached hydrogens (tertiary/aromatic N) is 16. The first-order chi connectivity index (χ1) is 64.7. The summed E-state index contributed by atoms with van der Waals surface area (Å²) >= 11 is 0. The minimum atomic E-state index is -1.53. The highest BCUT2D eigenvalue weighted by molar-refractivity contribution is 6.08. The summed E-state index contributed by atoms with van der Waals surface area (Å²) in [5, 5.41) is 69.4. The molecule has 2 aliphatic heterocycles. The third kappa shape index (κ3) is 21.3. The fourth-order valence-electron chi connectivity index (χ4n) is 15.8. The number of nitrogens with one attached hydrogen (secondary N) is 4. The van der Waals surface area contributed by atoms with E-state index >= 15 is 0 Å². The van der Waals surface area contributed by atoms with Gasteiger partial charge in [0.25, 0.3) is 23.6 Å². The number of aryl methyl sites for hydroxylation is 8. The molecule has 2 fully saturated rings. The summed E-state index contributed by atoms with van der Waals surface area (Å²) in [7, 11) is 5.55. The number of carboxylic acids is 1. The zero-order valence-electron chi connectivity index (χ0n) is 76.0. The number of methoxy groups -OCH3 is 4. The van der Waals surface area contributed by atoms with Crippen molar-refractivity contribution in [3.63, 3.8) is 0 Å². The van der Waals surface area contributed by atoms with Crippen molar-refractivity contribution in [1.82, 2.24) is 77.3 Å². The van der Waals surface area contributed by atoms with Crippen LogP contribution in [-0.2, 0) is 85.6 Å². The van der Waals surface area contributed by atoms with E-state index in [4.69, 9.17) is 80.3 Å². The van der Waals surface area contributed by atoms with Crippen LogP contribution in [0.2, 0.25) is 0 Å². The van der Waals surface area contributed by atoms with Crippen LogP contribution in [0.5, 0.6) is 23.0 Å². The molecule has 716 valence electrons. The Labute approximate surface area is 769 Å². The van der Waals surface area contributed by atoms with E-state index in [1.54, 1.807) is 113 Å². The number of aliphatic carboxylic acids is 1. The van der Waals surface area contributed by atoms with Gasteiger partial charge in [-0.1, -0.05) is 24.3 Å². The molecule has 4 aromatic carbocycles. The predicted octanol–water partition coefficient (Wildman–Crippen LogP) is 4.66. The maximum Gasteiger partial charge on any atom is 0.335 e. The molecule has 10 heterocycles. The number of hydrogen-bond acceptors (Lipinski definition) is 30. The number of carbonyl (C=O) groups is 9. The van der Waals surface area contributed by atoms with Gasteiger partial charge in [-0.05, 0) is 128 Å². The Kier molecular flexibility index (Phi) is 31.0. The number of anilines is 4. The van der Waals surface area contributed by atoms with Crippen LogP contribution >= 0.6 is 0 Å². The number of imidazole rings is 4. The lowest BCUT2D eigenvalue weighted by Crippen LogP contribution is -2.38. The molecule has 12 aromatic rings. The number of primary amides is 4. The summed E-state index contributed by atoms with van der Waals surface area (Å²) in [6, 6.07) is 18.5. The molecule has 135 heavy (non-hydrogen) atoms. The Morgan fingerprint density at radius 1 is 0.407 bits per heavy atom. The minimum Gasteiger partial charge on any atom is -0.494 e. The Hall–Kier alpha value is -14.9. The van der Waals surface area contributed by atoms with E-state index in [-0.39, 0.29) is 151 Å². The summed E-state index contributed by atoms with van der Waals surface area (Å²) in [5.74, 6) is -4.75. The first-order valence-electron chi connectivity index (χ1n) is 43.0. The van der Waals surface area contributed by atoms with Crippen molar-refractivity contribution in [2.45, 2.75) is 170 Å². The van der Waals surface area contributed by atoms with E-state index in [2.05, 4.69) is 51.6 Å². The molecule has 0 aliphatic carbocycles.